The quantitative estimate of drug-likeness (QED) is 0.751. The molecule has 2 saturated heterocycles. The summed E-state index contributed by atoms with van der Waals surface area (Å²) in [6.45, 7) is 1.99. The zero-order chi connectivity index (χ0) is 16.6. The fraction of sp³-hybridized carbons (Fsp3) is 0.400. The summed E-state index contributed by atoms with van der Waals surface area (Å²) in [6, 6.07) is 5.13. The van der Waals surface area contributed by atoms with Gasteiger partial charge in [-0.25, -0.2) is 4.79 Å². The maximum Gasteiger partial charge on any atom is 0.319 e. The summed E-state index contributed by atoms with van der Waals surface area (Å²) in [5.74, 6) is -0.286. The van der Waals surface area contributed by atoms with Gasteiger partial charge in [0.05, 0.1) is 6.04 Å². The van der Waals surface area contributed by atoms with Crippen molar-refractivity contribution < 1.29 is 14.4 Å². The van der Waals surface area contributed by atoms with Crippen LogP contribution in [0, 0.1) is 0 Å². The maximum absolute atomic E-state index is 12.1. The van der Waals surface area contributed by atoms with Crippen molar-refractivity contribution in [2.45, 2.75) is 31.5 Å². The van der Waals surface area contributed by atoms with Gasteiger partial charge in [0.25, 0.3) is 0 Å². The molecule has 0 aromatic heterocycles. The molecule has 2 aliphatic heterocycles. The Morgan fingerprint density at radius 2 is 2.17 bits per heavy atom. The van der Waals surface area contributed by atoms with Crippen molar-refractivity contribution in [1.29, 1.82) is 0 Å². The van der Waals surface area contributed by atoms with Crippen molar-refractivity contribution in [3.05, 3.63) is 29.3 Å². The lowest BCUT2D eigenvalue weighted by Gasteiger charge is -2.32. The highest BCUT2D eigenvalue weighted by molar-refractivity contribution is 6.30. The van der Waals surface area contributed by atoms with Gasteiger partial charge in [0.15, 0.2) is 0 Å². The van der Waals surface area contributed by atoms with Gasteiger partial charge in [-0.2, -0.15) is 0 Å². The Balaban J connectivity index is 1.60. The van der Waals surface area contributed by atoms with Crippen LogP contribution < -0.4 is 16.0 Å². The van der Waals surface area contributed by atoms with E-state index in [1.54, 1.807) is 31.2 Å². The molecule has 3 atom stereocenters. The zero-order valence-corrected chi connectivity index (χ0v) is 13.3. The molecule has 8 heteroatoms. The Morgan fingerprint density at radius 3 is 2.91 bits per heavy atom. The number of nitrogens with zero attached hydrogens (tertiary/aromatic N) is 1. The molecule has 0 saturated carbocycles. The van der Waals surface area contributed by atoms with Crippen molar-refractivity contribution in [2.75, 3.05) is 11.9 Å². The molecule has 3 N–H and O–H groups in total. The van der Waals surface area contributed by atoms with Crippen LogP contribution in [0.25, 0.3) is 0 Å². The first-order valence-corrected chi connectivity index (χ1v) is 7.76. The van der Waals surface area contributed by atoms with Gasteiger partial charge in [-0.3, -0.25) is 9.59 Å². The third-order valence-corrected chi connectivity index (χ3v) is 4.27. The van der Waals surface area contributed by atoms with E-state index in [1.165, 1.54) is 4.90 Å². The van der Waals surface area contributed by atoms with E-state index in [2.05, 4.69) is 16.0 Å². The first-order valence-electron chi connectivity index (χ1n) is 7.38. The smallest absolute Gasteiger partial charge is 0.319 e. The van der Waals surface area contributed by atoms with E-state index >= 15 is 0 Å². The molecular formula is C15H17ClN4O3. The number of nitrogens with one attached hydrogen (secondary N) is 3. The highest BCUT2D eigenvalue weighted by Crippen LogP contribution is 2.23. The van der Waals surface area contributed by atoms with Crippen molar-refractivity contribution in [3.63, 3.8) is 0 Å². The van der Waals surface area contributed by atoms with E-state index in [9.17, 15) is 14.4 Å². The first-order chi connectivity index (χ1) is 10.9. The number of urea groups is 1. The first kappa shape index (κ1) is 15.6. The lowest BCUT2D eigenvalue weighted by Crippen LogP contribution is -2.60. The number of carbonyl (C=O) groups is 3. The average molecular weight is 337 g/mol. The van der Waals surface area contributed by atoms with Crippen LogP contribution in [0.1, 0.15) is 13.3 Å². The molecule has 23 heavy (non-hydrogen) atoms. The number of halogens is 1. The number of carbonyl (C=O) groups excluding carboxylic acids is 3. The Morgan fingerprint density at radius 1 is 1.39 bits per heavy atom. The van der Waals surface area contributed by atoms with Crippen LogP contribution in [0.4, 0.5) is 10.5 Å². The lowest BCUT2D eigenvalue weighted by molar-refractivity contribution is -0.146. The molecule has 7 nitrogen and oxygen atoms in total. The topological polar surface area (TPSA) is 90.5 Å². The van der Waals surface area contributed by atoms with Gasteiger partial charge in [0.1, 0.15) is 12.1 Å². The summed E-state index contributed by atoms with van der Waals surface area (Å²) in [6.07, 6.45) is 0.410. The number of anilines is 1. The fourth-order valence-corrected chi connectivity index (χ4v) is 3.16. The number of rotatable bonds is 2. The molecule has 122 valence electrons. The monoisotopic (exact) mass is 336 g/mol. The lowest BCUT2D eigenvalue weighted by atomic mass is 10.1. The van der Waals surface area contributed by atoms with Gasteiger partial charge < -0.3 is 20.9 Å². The molecular weight excluding hydrogens is 320 g/mol. The summed E-state index contributed by atoms with van der Waals surface area (Å²) in [5, 5.41) is 8.65. The molecule has 2 aliphatic rings. The number of amides is 4. The van der Waals surface area contributed by atoms with Crippen LogP contribution >= 0.6 is 11.6 Å². The molecule has 0 aliphatic carbocycles. The Hall–Kier alpha value is -2.28. The van der Waals surface area contributed by atoms with Gasteiger partial charge in [0.2, 0.25) is 11.8 Å². The number of hydrogen-bond donors (Lipinski definition) is 3. The third-order valence-electron chi connectivity index (χ3n) is 4.03. The average Bonchev–Trinajstić information content (AvgIpc) is 2.89. The molecule has 3 rings (SSSR count). The Bertz CT molecular complexity index is 666. The second-order valence-corrected chi connectivity index (χ2v) is 6.21. The van der Waals surface area contributed by atoms with E-state index in [0.717, 1.165) is 0 Å². The Kier molecular flexibility index (Phi) is 4.12. The van der Waals surface area contributed by atoms with Crippen LogP contribution in [0.15, 0.2) is 24.3 Å². The van der Waals surface area contributed by atoms with Crippen molar-refractivity contribution in [2.24, 2.45) is 0 Å². The van der Waals surface area contributed by atoms with Gasteiger partial charge in [-0.15, -0.1) is 0 Å². The molecule has 0 bridgehead atoms. The molecule has 0 radical (unpaired) electrons. The summed E-state index contributed by atoms with van der Waals surface area (Å²) in [7, 11) is 0. The SMILES string of the molecule is C[C@@H]1NC(=O)[C@@H]2C[C@H](NC(=O)Nc3cccc(Cl)c3)CN2C1=O. The number of hydrogen-bond acceptors (Lipinski definition) is 3. The highest BCUT2D eigenvalue weighted by Gasteiger charge is 2.45. The van der Waals surface area contributed by atoms with Crippen LogP contribution in [-0.4, -0.2) is 47.4 Å². The van der Waals surface area contributed by atoms with Crippen molar-refractivity contribution in [1.82, 2.24) is 15.5 Å². The Labute approximate surface area is 138 Å². The van der Waals surface area contributed by atoms with Crippen LogP contribution in [0.5, 0.6) is 0 Å². The minimum atomic E-state index is -0.516. The number of fused-ring (bicyclic) bond motifs is 1. The largest absolute Gasteiger partial charge is 0.343 e. The van der Waals surface area contributed by atoms with E-state index in [1.807, 2.05) is 0 Å². The van der Waals surface area contributed by atoms with Gasteiger partial charge in [0, 0.05) is 17.3 Å². The summed E-state index contributed by atoms with van der Waals surface area (Å²) < 4.78 is 0. The minimum Gasteiger partial charge on any atom is -0.343 e. The van der Waals surface area contributed by atoms with Crippen LogP contribution in [0.2, 0.25) is 5.02 Å². The van der Waals surface area contributed by atoms with Gasteiger partial charge >= 0.3 is 6.03 Å². The van der Waals surface area contributed by atoms with E-state index < -0.39 is 18.1 Å². The second kappa shape index (κ2) is 6.08. The predicted molar refractivity (Wildman–Crippen MR) is 85.1 cm³/mol. The van der Waals surface area contributed by atoms with Crippen LogP contribution in [-0.2, 0) is 9.59 Å². The second-order valence-electron chi connectivity index (χ2n) is 5.78. The normalized spacial score (nSPS) is 26.5. The standard InChI is InChI=1S/C15H17ClN4O3/c1-8-14(22)20-7-11(6-12(20)13(21)17-8)19-15(23)18-10-4-2-3-9(16)5-10/h2-5,8,11-12H,6-7H2,1H3,(H,17,21)(H2,18,19,23)/t8-,11-,12-/m0/s1. The fourth-order valence-electron chi connectivity index (χ4n) is 2.97. The van der Waals surface area contributed by atoms with Crippen molar-refractivity contribution >= 4 is 35.1 Å². The number of piperazine rings is 1. The zero-order valence-electron chi connectivity index (χ0n) is 12.5. The molecule has 0 spiro atoms. The molecule has 1 aromatic carbocycles. The molecule has 2 heterocycles. The molecule has 4 amide bonds. The van der Waals surface area contributed by atoms with Crippen LogP contribution in [0.3, 0.4) is 0 Å². The minimum absolute atomic E-state index is 0.117. The highest BCUT2D eigenvalue weighted by atomic mass is 35.5. The summed E-state index contributed by atoms with van der Waals surface area (Å²) in [4.78, 5) is 37.6. The number of benzene rings is 1. The van der Waals surface area contributed by atoms with E-state index in [4.69, 9.17) is 11.6 Å². The maximum atomic E-state index is 12.1. The summed E-state index contributed by atoms with van der Waals surface area (Å²) >= 11 is 5.87. The van der Waals surface area contributed by atoms with E-state index in [0.29, 0.717) is 23.7 Å². The predicted octanol–water partition coefficient (Wildman–Crippen LogP) is 0.949. The van der Waals surface area contributed by atoms with Crippen molar-refractivity contribution in [3.8, 4) is 0 Å². The van der Waals surface area contributed by atoms with E-state index in [-0.39, 0.29) is 17.9 Å². The van der Waals surface area contributed by atoms with Gasteiger partial charge in [-0.1, -0.05) is 17.7 Å². The third kappa shape index (κ3) is 3.24. The molecule has 2 fully saturated rings. The molecule has 0 unspecified atom stereocenters. The molecule has 1 aromatic rings. The van der Waals surface area contributed by atoms with Gasteiger partial charge in [-0.05, 0) is 31.5 Å². The summed E-state index contributed by atoms with van der Waals surface area (Å²) in [5.41, 5.74) is 0.577.